The first-order valence-electron chi connectivity index (χ1n) is 12.5. The number of halogens is 3. The van der Waals surface area contributed by atoms with Gasteiger partial charge in [0.25, 0.3) is 0 Å². The summed E-state index contributed by atoms with van der Waals surface area (Å²) in [5.41, 5.74) is 0.241. The van der Waals surface area contributed by atoms with Gasteiger partial charge in [-0.1, -0.05) is 18.2 Å². The number of fused-ring (bicyclic) bond motifs is 1. The molecule has 1 aliphatic heterocycles. The molecule has 1 aliphatic rings. The molecule has 3 heterocycles. The molecule has 0 aliphatic carbocycles. The van der Waals surface area contributed by atoms with Gasteiger partial charge in [0.1, 0.15) is 6.04 Å². The van der Waals surface area contributed by atoms with Crippen LogP contribution in [0.1, 0.15) is 35.2 Å². The number of benzene rings is 2. The van der Waals surface area contributed by atoms with E-state index >= 15 is 0 Å². The first-order valence-corrected chi connectivity index (χ1v) is 12.5. The number of aromatic nitrogens is 4. The van der Waals surface area contributed by atoms with E-state index < -0.39 is 35.9 Å². The van der Waals surface area contributed by atoms with Crippen LogP contribution in [0, 0.1) is 11.3 Å². The van der Waals surface area contributed by atoms with Gasteiger partial charge in [-0.25, -0.2) is 23.8 Å². The van der Waals surface area contributed by atoms with Crippen molar-refractivity contribution in [1.29, 1.82) is 5.26 Å². The van der Waals surface area contributed by atoms with Crippen molar-refractivity contribution in [3.05, 3.63) is 117 Å². The third kappa shape index (κ3) is 6.01. The lowest BCUT2D eigenvalue weighted by Crippen LogP contribution is -2.39. The maximum Gasteiger partial charge on any atom is 0.416 e. The van der Waals surface area contributed by atoms with Crippen LogP contribution >= 0.6 is 0 Å². The van der Waals surface area contributed by atoms with Gasteiger partial charge in [0.2, 0.25) is 5.95 Å². The lowest BCUT2D eigenvalue weighted by Gasteiger charge is -2.36. The zero-order valence-corrected chi connectivity index (χ0v) is 22.7. The lowest BCUT2D eigenvalue weighted by atomic mass is 9.90. The number of pyridine rings is 1. The number of alkyl halides is 3. The number of allylic oxidation sites excluding steroid dienone is 1. The number of anilines is 2. The maximum absolute atomic E-state index is 13.6. The smallest absolute Gasteiger partial charge is 0.416 e. The van der Waals surface area contributed by atoms with Crippen LogP contribution in [0.3, 0.4) is 0 Å². The van der Waals surface area contributed by atoms with Crippen LogP contribution < -0.4 is 20.3 Å². The molecule has 0 amide bonds. The number of ether oxygens (including phenoxy) is 1. The number of H-pyrrole nitrogens is 1. The molecule has 0 radical (unpaired) electrons. The number of nitriles is 1. The fraction of sp³-hybridized carbons (Fsp3) is 0.172. The summed E-state index contributed by atoms with van der Waals surface area (Å²) in [7, 11) is 1.18. The van der Waals surface area contributed by atoms with Crippen LogP contribution in [-0.2, 0) is 27.0 Å². The monoisotopic (exact) mass is 592 g/mol. The number of aromatic amines is 1. The molecule has 0 fully saturated rings. The molecule has 1 unspecified atom stereocenters. The largest absolute Gasteiger partial charge is 0.554 e. The number of hydrogen-bond donors (Lipinski definition) is 1. The van der Waals surface area contributed by atoms with Crippen LogP contribution in [0.5, 0.6) is 0 Å². The molecular weight excluding hydrogens is 569 g/mol. The molecule has 1 atom stereocenters. The number of nitrogens with one attached hydrogen (secondary N) is 1. The molecule has 2 aromatic carbocycles. The Kier molecular flexibility index (Phi) is 8.75. The molecule has 0 bridgehead atoms. The number of methoxy groups -OCH3 is 1. The predicted molar refractivity (Wildman–Crippen MR) is 142 cm³/mol. The standard InChI is InChI=1S/C28H21F3N6O3.CH2O2/c1-17-23(25(38)40-2)24(22-10-9-18(15-32)13-19(22)16-35-11-4-3-5-12-35)37-26(33-34-27(37)39)36(17)21-8-6-7-20(14-21)28(29,30)31;2-1-3/h3-14,24H,16H2,1-2H3;1H,(H,2,3). The van der Waals surface area contributed by atoms with E-state index in [4.69, 9.17) is 14.6 Å². The van der Waals surface area contributed by atoms with Crippen LogP contribution in [0.2, 0.25) is 0 Å². The molecule has 1 N–H and O–H groups in total. The molecule has 11 nitrogen and oxygen atoms in total. The van der Waals surface area contributed by atoms with Crippen molar-refractivity contribution >= 4 is 24.1 Å². The molecule has 5 rings (SSSR count). The normalized spacial score (nSPS) is 14.2. The van der Waals surface area contributed by atoms with Crippen LogP contribution in [-0.4, -0.2) is 34.3 Å². The number of rotatable bonds is 5. The second kappa shape index (κ2) is 12.4. The Hall–Kier alpha value is -5.71. The first kappa shape index (κ1) is 30.3. The quantitative estimate of drug-likeness (QED) is 0.211. The molecule has 220 valence electrons. The minimum absolute atomic E-state index is 0.0119. The topological polar surface area (TPSA) is 148 Å². The van der Waals surface area contributed by atoms with Crippen molar-refractivity contribution < 1.29 is 37.2 Å². The van der Waals surface area contributed by atoms with Crippen molar-refractivity contribution in [2.24, 2.45) is 0 Å². The first-order chi connectivity index (χ1) is 20.5. The number of hydrogen-bond acceptors (Lipinski definition) is 8. The zero-order valence-electron chi connectivity index (χ0n) is 22.7. The van der Waals surface area contributed by atoms with Crippen molar-refractivity contribution in [3.63, 3.8) is 0 Å². The average Bonchev–Trinajstić information content (AvgIpc) is 3.37. The molecule has 0 spiro atoms. The molecule has 14 heteroatoms. The number of esters is 1. The van der Waals surface area contributed by atoms with E-state index in [1.54, 1.807) is 25.1 Å². The summed E-state index contributed by atoms with van der Waals surface area (Å²) in [4.78, 5) is 36.1. The van der Waals surface area contributed by atoms with Crippen LogP contribution in [0.15, 0.2) is 89.1 Å². The zero-order chi connectivity index (χ0) is 31.3. The molecule has 0 saturated heterocycles. The number of carbonyl (C=O) groups is 2. The SMILES string of the molecule is COC(=O)C1=C(C)N(c2cccc(C(F)(F)F)c2)c2n[nH]c(=O)n2C1c1ccc(C#N)cc1C[n+]1ccccc1.O=C[O-]. The summed E-state index contributed by atoms with van der Waals surface area (Å²) < 4.78 is 48.8. The van der Waals surface area contributed by atoms with Gasteiger partial charge in [-0.15, -0.1) is 5.10 Å². The van der Waals surface area contributed by atoms with Gasteiger partial charge in [0.05, 0.1) is 29.9 Å². The Balaban J connectivity index is 0.00000135. The van der Waals surface area contributed by atoms with Crippen molar-refractivity contribution in [2.45, 2.75) is 25.7 Å². The predicted octanol–water partition coefficient (Wildman–Crippen LogP) is 2.35. The summed E-state index contributed by atoms with van der Waals surface area (Å²) in [6.45, 7) is 1.35. The van der Waals surface area contributed by atoms with Gasteiger partial charge >= 0.3 is 17.8 Å². The second-order valence-corrected chi connectivity index (χ2v) is 9.14. The van der Waals surface area contributed by atoms with E-state index in [9.17, 15) is 28.0 Å². The minimum atomic E-state index is -4.62. The molecule has 43 heavy (non-hydrogen) atoms. The van der Waals surface area contributed by atoms with Gasteiger partial charge in [0, 0.05) is 35.6 Å². The molecule has 4 aromatic rings. The van der Waals surface area contributed by atoms with Gasteiger partial charge in [-0.3, -0.25) is 4.90 Å². The number of carboxylic acid groups (broad SMARTS) is 1. The van der Waals surface area contributed by atoms with E-state index in [2.05, 4.69) is 16.3 Å². The summed E-state index contributed by atoms with van der Waals surface area (Å²) in [6.07, 6.45) is -0.956. The van der Waals surface area contributed by atoms with Crippen molar-refractivity contribution in [2.75, 3.05) is 12.0 Å². The van der Waals surface area contributed by atoms with Gasteiger partial charge in [-0.2, -0.15) is 18.4 Å². The van der Waals surface area contributed by atoms with Crippen molar-refractivity contribution in [3.8, 4) is 6.07 Å². The Morgan fingerprint density at radius 1 is 1.19 bits per heavy atom. The highest BCUT2D eigenvalue weighted by Gasteiger charge is 2.41. The third-order valence-corrected chi connectivity index (χ3v) is 6.68. The highest BCUT2D eigenvalue weighted by Crippen LogP contribution is 2.43. The lowest BCUT2D eigenvalue weighted by molar-refractivity contribution is -0.688. The summed E-state index contributed by atoms with van der Waals surface area (Å²) in [5, 5.41) is 24.3. The molecule has 2 aromatic heterocycles. The van der Waals surface area contributed by atoms with E-state index in [0.29, 0.717) is 23.2 Å². The van der Waals surface area contributed by atoms with Crippen molar-refractivity contribution in [1.82, 2.24) is 14.8 Å². The third-order valence-electron chi connectivity index (χ3n) is 6.68. The van der Waals surface area contributed by atoms with E-state index in [0.717, 1.165) is 12.1 Å². The fourth-order valence-electron chi connectivity index (χ4n) is 4.89. The Morgan fingerprint density at radius 2 is 1.88 bits per heavy atom. The average molecular weight is 593 g/mol. The van der Waals surface area contributed by atoms with Gasteiger partial charge < -0.3 is 14.6 Å². The molecular formula is C29H23F3N6O5. The number of nitrogens with zero attached hydrogens (tertiary/aromatic N) is 5. The van der Waals surface area contributed by atoms with Crippen LogP contribution in [0.4, 0.5) is 24.8 Å². The fourth-order valence-corrected chi connectivity index (χ4v) is 4.89. The number of carbonyl (C=O) groups excluding carboxylic acids is 2. The Morgan fingerprint density at radius 3 is 2.51 bits per heavy atom. The Labute approximate surface area is 242 Å². The van der Waals surface area contributed by atoms with E-state index in [1.807, 2.05) is 35.2 Å². The summed E-state index contributed by atoms with van der Waals surface area (Å²) in [6, 6.07) is 16.0. The van der Waals surface area contributed by atoms with Gasteiger partial charge in [0.15, 0.2) is 18.9 Å². The minimum Gasteiger partial charge on any atom is -0.554 e. The highest BCUT2D eigenvalue weighted by atomic mass is 19.4. The maximum atomic E-state index is 13.6. The van der Waals surface area contributed by atoms with Gasteiger partial charge in [-0.05, 0) is 42.8 Å². The summed E-state index contributed by atoms with van der Waals surface area (Å²) in [5.74, 6) is -0.789. The van der Waals surface area contributed by atoms with Crippen LogP contribution in [0.25, 0.3) is 0 Å². The molecule has 0 saturated carbocycles. The summed E-state index contributed by atoms with van der Waals surface area (Å²) >= 11 is 0. The van der Waals surface area contributed by atoms with E-state index in [-0.39, 0.29) is 22.9 Å². The highest BCUT2D eigenvalue weighted by molar-refractivity contribution is 5.93. The second-order valence-electron chi connectivity index (χ2n) is 9.14. The Bertz CT molecular complexity index is 1790. The van der Waals surface area contributed by atoms with E-state index in [1.165, 1.54) is 28.7 Å².